The topological polar surface area (TPSA) is 29.5 Å². The third kappa shape index (κ3) is 5.09. The Morgan fingerprint density at radius 1 is 1.19 bits per heavy atom. The minimum absolute atomic E-state index is 0.0242. The van der Waals surface area contributed by atoms with Gasteiger partial charge in [-0.05, 0) is 47.7 Å². The largest absolute Gasteiger partial charge is 0.497 e. The Labute approximate surface area is 161 Å². The molecule has 0 aliphatic heterocycles. The van der Waals surface area contributed by atoms with Gasteiger partial charge in [0, 0.05) is 7.05 Å². The van der Waals surface area contributed by atoms with Gasteiger partial charge in [-0.25, -0.2) is 4.39 Å². The summed E-state index contributed by atoms with van der Waals surface area (Å²) >= 11 is 0. The van der Waals surface area contributed by atoms with Crippen molar-refractivity contribution in [2.75, 3.05) is 14.2 Å². The van der Waals surface area contributed by atoms with Gasteiger partial charge in [0.05, 0.1) is 19.6 Å². The van der Waals surface area contributed by atoms with Gasteiger partial charge in [0.25, 0.3) is 0 Å². The normalized spacial score (nSPS) is 15.5. The first-order chi connectivity index (χ1) is 13.1. The molecule has 27 heavy (non-hydrogen) atoms. The molecule has 1 atom stereocenters. The number of ether oxygens (including phenoxy) is 1. The number of benzene rings is 2. The Balaban J connectivity index is 1.79. The molecular formula is C23H28FNO2. The van der Waals surface area contributed by atoms with E-state index in [0.717, 1.165) is 23.3 Å². The first-order valence-corrected chi connectivity index (χ1v) is 9.71. The maximum Gasteiger partial charge on any atom is 0.227 e. The first kappa shape index (κ1) is 19.4. The molecule has 4 heteroatoms. The van der Waals surface area contributed by atoms with Gasteiger partial charge in [-0.1, -0.05) is 49.9 Å². The van der Waals surface area contributed by atoms with E-state index in [0.29, 0.717) is 5.92 Å². The lowest BCUT2D eigenvalue weighted by Gasteiger charge is -2.31. The van der Waals surface area contributed by atoms with Crippen LogP contribution in [0.4, 0.5) is 4.39 Å². The molecule has 0 heterocycles. The number of halogens is 1. The van der Waals surface area contributed by atoms with Crippen molar-refractivity contribution in [3.63, 3.8) is 0 Å². The zero-order valence-electron chi connectivity index (χ0n) is 16.2. The maximum absolute atomic E-state index is 13.1. The van der Waals surface area contributed by atoms with Crippen molar-refractivity contribution in [2.24, 2.45) is 5.92 Å². The Morgan fingerprint density at radius 2 is 1.89 bits per heavy atom. The van der Waals surface area contributed by atoms with Crippen LogP contribution in [0.1, 0.15) is 49.3 Å². The Morgan fingerprint density at radius 3 is 2.56 bits per heavy atom. The fraction of sp³-hybridized carbons (Fsp3) is 0.435. The van der Waals surface area contributed by atoms with Crippen molar-refractivity contribution in [1.82, 2.24) is 4.90 Å². The van der Waals surface area contributed by atoms with Gasteiger partial charge in [-0.3, -0.25) is 4.79 Å². The first-order valence-electron chi connectivity index (χ1n) is 9.71. The highest BCUT2D eigenvalue weighted by molar-refractivity contribution is 5.79. The molecule has 1 aliphatic rings. The number of carbonyl (C=O) groups is 1. The molecule has 3 nitrogen and oxygen atoms in total. The second kappa shape index (κ2) is 9.03. The van der Waals surface area contributed by atoms with Crippen LogP contribution in [0.3, 0.4) is 0 Å². The molecule has 1 fully saturated rings. The molecule has 1 aliphatic carbocycles. The van der Waals surface area contributed by atoms with Crippen LogP contribution in [0.25, 0.3) is 0 Å². The van der Waals surface area contributed by atoms with E-state index in [1.807, 2.05) is 30.1 Å². The summed E-state index contributed by atoms with van der Waals surface area (Å²) in [5.74, 6) is 1.23. The lowest BCUT2D eigenvalue weighted by molar-refractivity contribution is -0.131. The number of hydrogen-bond donors (Lipinski definition) is 0. The number of hydrogen-bond acceptors (Lipinski definition) is 2. The summed E-state index contributed by atoms with van der Waals surface area (Å²) < 4.78 is 18.5. The summed E-state index contributed by atoms with van der Waals surface area (Å²) in [5, 5.41) is 0. The predicted octanol–water partition coefficient (Wildman–Crippen LogP) is 5.16. The number of carbonyl (C=O) groups excluding carboxylic acids is 1. The van der Waals surface area contributed by atoms with Crippen LogP contribution >= 0.6 is 0 Å². The smallest absolute Gasteiger partial charge is 0.227 e. The average molecular weight is 369 g/mol. The van der Waals surface area contributed by atoms with Gasteiger partial charge in [-0.15, -0.1) is 0 Å². The van der Waals surface area contributed by atoms with Crippen LogP contribution in [0.2, 0.25) is 0 Å². The molecular weight excluding hydrogens is 341 g/mol. The predicted molar refractivity (Wildman–Crippen MR) is 105 cm³/mol. The minimum atomic E-state index is -0.282. The van der Waals surface area contributed by atoms with Crippen LogP contribution in [0.15, 0.2) is 48.5 Å². The van der Waals surface area contributed by atoms with E-state index < -0.39 is 0 Å². The lowest BCUT2D eigenvalue weighted by atomic mass is 9.92. The standard InChI is InChI=1S/C23H28FNO2/c1-25(23(26)15-18-10-12-20(24)13-11-18)22(14-17-6-3-4-7-17)19-8-5-9-21(16-19)27-2/h5,8-13,16-17,22H,3-4,6-7,14-15H2,1-2H3. The zero-order chi connectivity index (χ0) is 19.2. The number of methoxy groups -OCH3 is 1. The van der Waals surface area contributed by atoms with Gasteiger partial charge in [-0.2, -0.15) is 0 Å². The summed E-state index contributed by atoms with van der Waals surface area (Å²) in [6.45, 7) is 0. The van der Waals surface area contributed by atoms with E-state index in [2.05, 4.69) is 6.07 Å². The second-order valence-corrected chi connectivity index (χ2v) is 7.49. The second-order valence-electron chi connectivity index (χ2n) is 7.49. The van der Waals surface area contributed by atoms with Crippen molar-refractivity contribution in [3.8, 4) is 5.75 Å². The average Bonchev–Trinajstić information content (AvgIpc) is 3.20. The minimum Gasteiger partial charge on any atom is -0.497 e. The van der Waals surface area contributed by atoms with Crippen molar-refractivity contribution in [1.29, 1.82) is 0 Å². The third-order valence-corrected chi connectivity index (χ3v) is 5.64. The molecule has 2 aromatic rings. The molecule has 3 rings (SSSR count). The third-order valence-electron chi connectivity index (χ3n) is 5.64. The molecule has 1 amide bonds. The van der Waals surface area contributed by atoms with E-state index in [1.54, 1.807) is 19.2 Å². The van der Waals surface area contributed by atoms with Gasteiger partial charge < -0.3 is 9.64 Å². The number of likely N-dealkylation sites (N-methyl/N-ethyl adjacent to an activating group) is 1. The Bertz CT molecular complexity index is 753. The summed E-state index contributed by atoms with van der Waals surface area (Å²) in [5.41, 5.74) is 1.94. The van der Waals surface area contributed by atoms with Gasteiger partial charge in [0.2, 0.25) is 5.91 Å². The molecule has 0 spiro atoms. The van der Waals surface area contributed by atoms with Crippen molar-refractivity contribution < 1.29 is 13.9 Å². The fourth-order valence-electron chi connectivity index (χ4n) is 4.00. The summed E-state index contributed by atoms with van der Waals surface area (Å²) in [7, 11) is 3.54. The molecule has 1 saturated carbocycles. The Kier molecular flexibility index (Phi) is 6.49. The molecule has 0 saturated heterocycles. The van der Waals surface area contributed by atoms with E-state index in [1.165, 1.54) is 37.8 Å². The quantitative estimate of drug-likeness (QED) is 0.675. The summed E-state index contributed by atoms with van der Waals surface area (Å²) in [6, 6.07) is 14.2. The van der Waals surface area contributed by atoms with Crippen LogP contribution in [-0.2, 0) is 11.2 Å². The van der Waals surface area contributed by atoms with E-state index in [4.69, 9.17) is 4.74 Å². The number of rotatable bonds is 7. The van der Waals surface area contributed by atoms with Crippen molar-refractivity contribution >= 4 is 5.91 Å². The van der Waals surface area contributed by atoms with Crippen LogP contribution in [0, 0.1) is 11.7 Å². The molecule has 0 radical (unpaired) electrons. The summed E-state index contributed by atoms with van der Waals surface area (Å²) in [4.78, 5) is 14.8. The van der Waals surface area contributed by atoms with E-state index in [-0.39, 0.29) is 24.2 Å². The van der Waals surface area contributed by atoms with E-state index >= 15 is 0 Å². The molecule has 0 bridgehead atoms. The fourth-order valence-corrected chi connectivity index (χ4v) is 4.00. The summed E-state index contributed by atoms with van der Waals surface area (Å²) in [6.07, 6.45) is 6.28. The molecule has 144 valence electrons. The molecule has 0 aromatic heterocycles. The van der Waals surface area contributed by atoms with E-state index in [9.17, 15) is 9.18 Å². The van der Waals surface area contributed by atoms with Crippen LogP contribution in [0.5, 0.6) is 5.75 Å². The maximum atomic E-state index is 13.1. The van der Waals surface area contributed by atoms with Crippen molar-refractivity contribution in [3.05, 3.63) is 65.5 Å². The highest BCUT2D eigenvalue weighted by atomic mass is 19.1. The SMILES string of the molecule is COc1cccc(C(CC2CCCC2)N(C)C(=O)Cc2ccc(F)cc2)c1. The van der Waals surface area contributed by atoms with Crippen LogP contribution < -0.4 is 4.74 Å². The van der Waals surface area contributed by atoms with Crippen molar-refractivity contribution in [2.45, 2.75) is 44.6 Å². The monoisotopic (exact) mass is 369 g/mol. The highest BCUT2D eigenvalue weighted by Crippen LogP contribution is 2.36. The van der Waals surface area contributed by atoms with Crippen LogP contribution in [-0.4, -0.2) is 25.0 Å². The number of amides is 1. The highest BCUT2D eigenvalue weighted by Gasteiger charge is 2.27. The molecule has 1 unspecified atom stereocenters. The molecule has 0 N–H and O–H groups in total. The molecule has 2 aromatic carbocycles. The van der Waals surface area contributed by atoms with Gasteiger partial charge in [0.1, 0.15) is 11.6 Å². The lowest BCUT2D eigenvalue weighted by Crippen LogP contribution is -2.33. The number of nitrogens with zero attached hydrogens (tertiary/aromatic N) is 1. The zero-order valence-corrected chi connectivity index (χ0v) is 16.2. The van der Waals surface area contributed by atoms with Gasteiger partial charge >= 0.3 is 0 Å². The van der Waals surface area contributed by atoms with Gasteiger partial charge in [0.15, 0.2) is 0 Å². The Hall–Kier alpha value is -2.36.